The fourth-order valence-corrected chi connectivity index (χ4v) is 2.48. The third kappa shape index (κ3) is 3.27. The molecule has 0 aliphatic heterocycles. The normalized spacial score (nSPS) is 10.8. The van der Waals surface area contributed by atoms with E-state index in [9.17, 15) is 9.18 Å². The zero-order valence-corrected chi connectivity index (χ0v) is 13.5. The van der Waals surface area contributed by atoms with Gasteiger partial charge in [0.05, 0.1) is 6.54 Å². The topological polar surface area (TPSA) is 73.8 Å². The molecule has 26 heavy (non-hydrogen) atoms. The molecule has 4 aromatic rings. The molecule has 0 bridgehead atoms. The number of rotatable bonds is 4. The van der Waals surface area contributed by atoms with Crippen LogP contribution >= 0.6 is 0 Å². The monoisotopic (exact) mass is 348 g/mol. The van der Waals surface area contributed by atoms with Crippen molar-refractivity contribution in [1.29, 1.82) is 0 Å². The van der Waals surface area contributed by atoms with Crippen LogP contribution in [0.3, 0.4) is 0 Å². The van der Waals surface area contributed by atoms with Gasteiger partial charge in [-0.3, -0.25) is 4.79 Å². The van der Waals surface area contributed by atoms with Crippen molar-refractivity contribution in [2.45, 2.75) is 6.54 Å². The number of aromatic nitrogens is 4. The average Bonchev–Trinajstić information content (AvgIpc) is 3.15. The van der Waals surface area contributed by atoms with Crippen molar-refractivity contribution in [2.24, 2.45) is 0 Å². The summed E-state index contributed by atoms with van der Waals surface area (Å²) < 4.78 is 19.6. The van der Waals surface area contributed by atoms with Crippen LogP contribution in [0, 0.1) is 5.82 Å². The maximum atomic E-state index is 13.0. The van der Waals surface area contributed by atoms with Gasteiger partial charge in [0.2, 0.25) is 5.82 Å². The summed E-state index contributed by atoms with van der Waals surface area (Å²) in [6.45, 7) is 0.340. The lowest BCUT2D eigenvalue weighted by Gasteiger charge is -2.05. The van der Waals surface area contributed by atoms with Gasteiger partial charge < -0.3 is 4.52 Å². The van der Waals surface area contributed by atoms with Crippen LogP contribution in [0.2, 0.25) is 0 Å². The van der Waals surface area contributed by atoms with Gasteiger partial charge in [-0.15, -0.1) is 0 Å². The Morgan fingerprint density at radius 2 is 1.73 bits per heavy atom. The Balaban J connectivity index is 1.65. The number of hydrogen-bond acceptors (Lipinski definition) is 5. The number of halogens is 1. The van der Waals surface area contributed by atoms with E-state index in [0.29, 0.717) is 23.6 Å². The molecular weight excluding hydrogens is 335 g/mol. The Morgan fingerprint density at radius 1 is 0.962 bits per heavy atom. The molecule has 0 unspecified atom stereocenters. The van der Waals surface area contributed by atoms with E-state index in [1.165, 1.54) is 28.9 Å². The fourth-order valence-electron chi connectivity index (χ4n) is 2.48. The average molecular weight is 348 g/mol. The van der Waals surface area contributed by atoms with Gasteiger partial charge in [-0.2, -0.15) is 10.1 Å². The lowest BCUT2D eigenvalue weighted by molar-refractivity contribution is 0.429. The summed E-state index contributed by atoms with van der Waals surface area (Å²) >= 11 is 0. The van der Waals surface area contributed by atoms with Crippen LogP contribution < -0.4 is 5.56 Å². The number of hydrogen-bond donors (Lipinski definition) is 0. The van der Waals surface area contributed by atoms with Crippen LogP contribution in [0.15, 0.2) is 76.0 Å². The van der Waals surface area contributed by atoms with Crippen molar-refractivity contribution in [1.82, 2.24) is 19.9 Å². The lowest BCUT2D eigenvalue weighted by atomic mass is 10.2. The summed E-state index contributed by atoms with van der Waals surface area (Å²) in [7, 11) is 0. The Hall–Kier alpha value is -3.61. The molecule has 0 N–H and O–H groups in total. The Labute approximate surface area is 147 Å². The maximum Gasteiger partial charge on any atom is 0.278 e. The highest BCUT2D eigenvalue weighted by molar-refractivity contribution is 5.57. The first-order valence-corrected chi connectivity index (χ1v) is 7.91. The third-order valence-electron chi connectivity index (χ3n) is 3.79. The molecule has 0 fully saturated rings. The highest BCUT2D eigenvalue weighted by Gasteiger charge is 2.13. The van der Waals surface area contributed by atoms with Gasteiger partial charge in [0.15, 0.2) is 0 Å². The second-order valence-corrected chi connectivity index (χ2v) is 5.63. The molecule has 0 spiro atoms. The summed E-state index contributed by atoms with van der Waals surface area (Å²) in [4.78, 5) is 16.3. The second kappa shape index (κ2) is 6.72. The van der Waals surface area contributed by atoms with Crippen molar-refractivity contribution < 1.29 is 8.91 Å². The molecule has 0 amide bonds. The van der Waals surface area contributed by atoms with Crippen LogP contribution in [0.1, 0.15) is 5.56 Å². The standard InChI is InChI=1S/C19H13FN4O2/c20-15-8-6-14(7-9-15)18-21-19(26-23-18)16-10-11-17(25)24(22-16)12-13-4-2-1-3-5-13/h1-11H,12H2. The number of benzene rings is 2. The van der Waals surface area contributed by atoms with Gasteiger partial charge in [0.25, 0.3) is 11.4 Å². The molecule has 128 valence electrons. The molecule has 2 heterocycles. The summed E-state index contributed by atoms with van der Waals surface area (Å²) in [6.07, 6.45) is 0. The summed E-state index contributed by atoms with van der Waals surface area (Å²) in [6, 6.07) is 18.3. The van der Waals surface area contributed by atoms with E-state index in [1.807, 2.05) is 30.3 Å². The van der Waals surface area contributed by atoms with Crippen molar-refractivity contribution in [3.05, 3.63) is 88.5 Å². The predicted octanol–water partition coefficient (Wildman–Crippen LogP) is 3.15. The van der Waals surface area contributed by atoms with Crippen molar-refractivity contribution in [3.63, 3.8) is 0 Å². The molecule has 0 saturated heterocycles. The zero-order chi connectivity index (χ0) is 17.9. The molecule has 6 nitrogen and oxygen atoms in total. The first kappa shape index (κ1) is 15.9. The molecule has 7 heteroatoms. The predicted molar refractivity (Wildman–Crippen MR) is 92.7 cm³/mol. The molecule has 0 atom stereocenters. The molecule has 2 aromatic carbocycles. The molecule has 0 radical (unpaired) electrons. The highest BCUT2D eigenvalue weighted by atomic mass is 19.1. The van der Waals surface area contributed by atoms with Crippen molar-refractivity contribution >= 4 is 0 Å². The molecule has 4 rings (SSSR count). The molecule has 0 saturated carbocycles. The van der Waals surface area contributed by atoms with Crippen molar-refractivity contribution in [3.8, 4) is 23.0 Å². The fraction of sp³-hybridized carbons (Fsp3) is 0.0526. The largest absolute Gasteiger partial charge is 0.332 e. The highest BCUT2D eigenvalue weighted by Crippen LogP contribution is 2.20. The van der Waals surface area contributed by atoms with E-state index in [2.05, 4.69) is 15.2 Å². The molecule has 0 aliphatic rings. The van der Waals surface area contributed by atoms with E-state index >= 15 is 0 Å². The zero-order valence-electron chi connectivity index (χ0n) is 13.5. The number of nitrogens with zero attached hydrogens (tertiary/aromatic N) is 4. The first-order valence-electron chi connectivity index (χ1n) is 7.91. The van der Waals surface area contributed by atoms with E-state index in [0.717, 1.165) is 5.56 Å². The van der Waals surface area contributed by atoms with E-state index in [-0.39, 0.29) is 17.3 Å². The summed E-state index contributed by atoms with van der Waals surface area (Å²) in [5.41, 5.74) is 1.74. The Bertz CT molecular complexity index is 1090. The first-order chi connectivity index (χ1) is 12.7. The lowest BCUT2D eigenvalue weighted by Crippen LogP contribution is -2.22. The minimum atomic E-state index is -0.341. The van der Waals surface area contributed by atoms with E-state index in [1.54, 1.807) is 12.1 Å². The van der Waals surface area contributed by atoms with E-state index in [4.69, 9.17) is 4.52 Å². The van der Waals surface area contributed by atoms with Crippen LogP contribution in [0.4, 0.5) is 4.39 Å². The maximum absolute atomic E-state index is 13.0. The van der Waals surface area contributed by atoms with Crippen LogP contribution in [0.5, 0.6) is 0 Å². The molecule has 2 aromatic heterocycles. The SMILES string of the molecule is O=c1ccc(-c2nc(-c3ccc(F)cc3)no2)nn1Cc1ccccc1. The van der Waals surface area contributed by atoms with Crippen LogP contribution in [0.25, 0.3) is 23.0 Å². The second-order valence-electron chi connectivity index (χ2n) is 5.63. The smallest absolute Gasteiger partial charge is 0.278 e. The van der Waals surface area contributed by atoms with Gasteiger partial charge >= 0.3 is 0 Å². The third-order valence-corrected chi connectivity index (χ3v) is 3.79. The summed E-state index contributed by atoms with van der Waals surface area (Å²) in [5.74, 6) is 0.167. The molecule has 0 aliphatic carbocycles. The molecular formula is C19H13FN4O2. The van der Waals surface area contributed by atoms with Crippen LogP contribution in [-0.4, -0.2) is 19.9 Å². The Morgan fingerprint density at radius 3 is 2.50 bits per heavy atom. The van der Waals surface area contributed by atoms with Gasteiger partial charge in [-0.1, -0.05) is 35.5 Å². The Kier molecular flexibility index (Phi) is 4.10. The van der Waals surface area contributed by atoms with Gasteiger partial charge in [0, 0.05) is 11.6 Å². The quantitative estimate of drug-likeness (QED) is 0.566. The van der Waals surface area contributed by atoms with Crippen LogP contribution in [-0.2, 0) is 6.54 Å². The van der Waals surface area contributed by atoms with Gasteiger partial charge in [-0.05, 0) is 35.9 Å². The minimum Gasteiger partial charge on any atom is -0.332 e. The van der Waals surface area contributed by atoms with Crippen molar-refractivity contribution in [2.75, 3.05) is 0 Å². The minimum absolute atomic E-state index is 0.186. The van der Waals surface area contributed by atoms with E-state index < -0.39 is 0 Å². The van der Waals surface area contributed by atoms with Gasteiger partial charge in [-0.25, -0.2) is 9.07 Å². The summed E-state index contributed by atoms with van der Waals surface area (Å²) in [5, 5.41) is 8.20. The van der Waals surface area contributed by atoms with Gasteiger partial charge in [0.1, 0.15) is 11.5 Å².